The van der Waals surface area contributed by atoms with E-state index in [1.54, 1.807) is 29.2 Å². The summed E-state index contributed by atoms with van der Waals surface area (Å²) in [6.45, 7) is 3.36. The molecule has 2 aromatic carbocycles. The molecule has 2 amide bonds. The fourth-order valence-corrected chi connectivity index (χ4v) is 4.72. The molecule has 4 aromatic rings. The number of nitrogens with zero attached hydrogens (tertiary/aromatic N) is 3. The van der Waals surface area contributed by atoms with E-state index in [0.717, 1.165) is 27.9 Å². The summed E-state index contributed by atoms with van der Waals surface area (Å²) in [6, 6.07) is 16.4. The summed E-state index contributed by atoms with van der Waals surface area (Å²) in [4.78, 5) is 32.2. The molecule has 2 aromatic heterocycles. The highest BCUT2D eigenvalue weighted by molar-refractivity contribution is 5.95. The summed E-state index contributed by atoms with van der Waals surface area (Å²) in [5.74, 6) is 0.990. The first-order chi connectivity index (χ1) is 18.1. The Balaban J connectivity index is 1.15. The number of fused-ring (bicyclic) bond motifs is 2. The largest absolute Gasteiger partial charge is 0.454 e. The lowest BCUT2D eigenvalue weighted by Crippen LogP contribution is -2.37. The van der Waals surface area contributed by atoms with Gasteiger partial charge in [-0.2, -0.15) is 0 Å². The summed E-state index contributed by atoms with van der Waals surface area (Å²) in [7, 11) is 0. The lowest BCUT2D eigenvalue weighted by Gasteiger charge is -2.29. The smallest absolute Gasteiger partial charge is 0.292 e. The molecule has 2 aliphatic heterocycles. The van der Waals surface area contributed by atoms with Crippen LogP contribution in [0.3, 0.4) is 0 Å². The molecule has 0 saturated heterocycles. The Morgan fingerprint density at radius 1 is 1.05 bits per heavy atom. The standard InChI is InChI=1S/C28H24N4O5/c1-17-22(14-30-27(33)19-7-8-24-25(11-19)36-16-35-24)21-9-10-32(15-20(21)13-29-17)28(34)26-12-23(31-37-26)18-5-3-2-4-6-18/h2-8,11-13H,9-10,14-16H2,1H3,(H,30,33). The molecule has 0 saturated carbocycles. The van der Waals surface area contributed by atoms with E-state index in [4.69, 9.17) is 14.0 Å². The van der Waals surface area contributed by atoms with Crippen molar-refractivity contribution in [3.05, 3.63) is 94.5 Å². The predicted octanol–water partition coefficient (Wildman–Crippen LogP) is 3.90. The Morgan fingerprint density at radius 3 is 2.76 bits per heavy atom. The third kappa shape index (κ3) is 4.40. The van der Waals surface area contributed by atoms with Gasteiger partial charge in [0.1, 0.15) is 5.69 Å². The third-order valence-corrected chi connectivity index (χ3v) is 6.73. The van der Waals surface area contributed by atoms with Gasteiger partial charge >= 0.3 is 0 Å². The Hall–Kier alpha value is -4.66. The van der Waals surface area contributed by atoms with Crippen LogP contribution in [0, 0.1) is 6.92 Å². The minimum Gasteiger partial charge on any atom is -0.454 e. The maximum atomic E-state index is 13.2. The SMILES string of the molecule is Cc1ncc2c(c1CNC(=O)c1ccc3c(c1)OCO3)CCN(C(=O)c1cc(-c3ccccc3)no1)C2. The molecule has 186 valence electrons. The fourth-order valence-electron chi connectivity index (χ4n) is 4.72. The first-order valence-corrected chi connectivity index (χ1v) is 12.0. The number of benzene rings is 2. The quantitative estimate of drug-likeness (QED) is 0.447. The van der Waals surface area contributed by atoms with Crippen molar-refractivity contribution in [3.8, 4) is 22.8 Å². The maximum absolute atomic E-state index is 13.2. The number of rotatable bonds is 5. The molecule has 6 rings (SSSR count). The normalized spacial score (nSPS) is 13.8. The number of hydrogen-bond donors (Lipinski definition) is 1. The van der Waals surface area contributed by atoms with E-state index in [1.165, 1.54) is 0 Å². The Bertz CT molecular complexity index is 1500. The lowest BCUT2D eigenvalue weighted by atomic mass is 9.94. The van der Waals surface area contributed by atoms with Crippen molar-refractivity contribution in [2.75, 3.05) is 13.3 Å². The third-order valence-electron chi connectivity index (χ3n) is 6.73. The second-order valence-corrected chi connectivity index (χ2v) is 9.00. The van der Waals surface area contributed by atoms with Gasteiger partial charge in [0, 0.05) is 48.7 Å². The molecule has 37 heavy (non-hydrogen) atoms. The number of amides is 2. The van der Waals surface area contributed by atoms with Gasteiger partial charge in [-0.25, -0.2) is 0 Å². The molecule has 0 fully saturated rings. The molecule has 0 radical (unpaired) electrons. The number of pyridine rings is 1. The van der Waals surface area contributed by atoms with Gasteiger partial charge in [0.05, 0.1) is 0 Å². The molecule has 0 bridgehead atoms. The van der Waals surface area contributed by atoms with E-state index in [0.29, 0.717) is 48.8 Å². The molecule has 0 atom stereocenters. The molecular weight excluding hydrogens is 472 g/mol. The van der Waals surface area contributed by atoms with Crippen LogP contribution >= 0.6 is 0 Å². The van der Waals surface area contributed by atoms with Gasteiger partial charge < -0.3 is 24.2 Å². The van der Waals surface area contributed by atoms with Crippen LogP contribution in [0.4, 0.5) is 0 Å². The van der Waals surface area contributed by atoms with Crippen LogP contribution in [0.15, 0.2) is 65.3 Å². The van der Waals surface area contributed by atoms with Gasteiger partial charge in [0.25, 0.3) is 11.8 Å². The van der Waals surface area contributed by atoms with Crippen molar-refractivity contribution in [1.29, 1.82) is 0 Å². The van der Waals surface area contributed by atoms with Crippen molar-refractivity contribution in [2.45, 2.75) is 26.4 Å². The zero-order chi connectivity index (χ0) is 25.4. The molecular formula is C28H24N4O5. The second kappa shape index (κ2) is 9.42. The predicted molar refractivity (Wildman–Crippen MR) is 133 cm³/mol. The van der Waals surface area contributed by atoms with Crippen LogP contribution in [0.1, 0.15) is 43.3 Å². The van der Waals surface area contributed by atoms with E-state index in [2.05, 4.69) is 15.5 Å². The zero-order valence-electron chi connectivity index (χ0n) is 20.2. The molecule has 9 heteroatoms. The van der Waals surface area contributed by atoms with Crippen LogP contribution in [-0.4, -0.2) is 40.2 Å². The summed E-state index contributed by atoms with van der Waals surface area (Å²) in [5.41, 5.74) is 5.92. The van der Waals surface area contributed by atoms with Gasteiger partial charge in [-0.3, -0.25) is 14.6 Å². The molecule has 0 spiro atoms. The van der Waals surface area contributed by atoms with E-state index < -0.39 is 0 Å². The minimum absolute atomic E-state index is 0.158. The lowest BCUT2D eigenvalue weighted by molar-refractivity contribution is 0.0692. The highest BCUT2D eigenvalue weighted by atomic mass is 16.7. The van der Waals surface area contributed by atoms with E-state index in [-0.39, 0.29) is 24.4 Å². The van der Waals surface area contributed by atoms with Crippen LogP contribution in [-0.2, 0) is 19.5 Å². The number of carbonyl (C=O) groups excluding carboxylic acids is 2. The van der Waals surface area contributed by atoms with Gasteiger partial charge in [0.2, 0.25) is 12.6 Å². The van der Waals surface area contributed by atoms with E-state index in [9.17, 15) is 9.59 Å². The van der Waals surface area contributed by atoms with Crippen LogP contribution < -0.4 is 14.8 Å². The van der Waals surface area contributed by atoms with Gasteiger partial charge in [-0.05, 0) is 48.2 Å². The molecule has 9 nitrogen and oxygen atoms in total. The monoisotopic (exact) mass is 496 g/mol. The molecule has 2 aliphatic rings. The Morgan fingerprint density at radius 2 is 1.89 bits per heavy atom. The summed E-state index contributed by atoms with van der Waals surface area (Å²) in [6.07, 6.45) is 2.46. The zero-order valence-corrected chi connectivity index (χ0v) is 20.2. The highest BCUT2D eigenvalue weighted by Crippen LogP contribution is 2.32. The Labute approximate surface area is 213 Å². The van der Waals surface area contributed by atoms with E-state index in [1.807, 2.05) is 43.5 Å². The fraction of sp³-hybridized carbons (Fsp3) is 0.214. The summed E-state index contributed by atoms with van der Waals surface area (Å²) in [5, 5.41) is 7.06. The summed E-state index contributed by atoms with van der Waals surface area (Å²) >= 11 is 0. The molecule has 1 N–H and O–H groups in total. The van der Waals surface area contributed by atoms with Crippen molar-refractivity contribution in [2.24, 2.45) is 0 Å². The van der Waals surface area contributed by atoms with Gasteiger partial charge in [0.15, 0.2) is 11.5 Å². The van der Waals surface area contributed by atoms with Crippen molar-refractivity contribution in [3.63, 3.8) is 0 Å². The van der Waals surface area contributed by atoms with Crippen LogP contribution in [0.5, 0.6) is 11.5 Å². The van der Waals surface area contributed by atoms with Crippen LogP contribution in [0.2, 0.25) is 0 Å². The van der Waals surface area contributed by atoms with Crippen LogP contribution in [0.25, 0.3) is 11.3 Å². The first-order valence-electron chi connectivity index (χ1n) is 12.0. The van der Waals surface area contributed by atoms with Crippen molar-refractivity contribution in [1.82, 2.24) is 20.4 Å². The second-order valence-electron chi connectivity index (χ2n) is 9.00. The average molecular weight is 497 g/mol. The Kier molecular flexibility index (Phi) is 5.80. The van der Waals surface area contributed by atoms with E-state index >= 15 is 0 Å². The molecule has 0 aliphatic carbocycles. The van der Waals surface area contributed by atoms with Crippen molar-refractivity contribution < 1.29 is 23.6 Å². The molecule has 0 unspecified atom stereocenters. The number of aryl methyl sites for hydroxylation is 1. The number of nitrogens with one attached hydrogen (secondary N) is 1. The van der Waals surface area contributed by atoms with Gasteiger partial charge in [-0.15, -0.1) is 0 Å². The summed E-state index contributed by atoms with van der Waals surface area (Å²) < 4.78 is 16.1. The molecule has 4 heterocycles. The highest BCUT2D eigenvalue weighted by Gasteiger charge is 2.27. The number of aromatic nitrogens is 2. The average Bonchev–Trinajstić information content (AvgIpc) is 3.62. The van der Waals surface area contributed by atoms with Gasteiger partial charge in [-0.1, -0.05) is 35.5 Å². The first kappa shape index (κ1) is 22.8. The minimum atomic E-state index is -0.210. The number of ether oxygens (including phenoxy) is 2. The van der Waals surface area contributed by atoms with Crippen molar-refractivity contribution >= 4 is 11.8 Å². The number of hydrogen-bond acceptors (Lipinski definition) is 7. The maximum Gasteiger partial charge on any atom is 0.292 e. The number of carbonyl (C=O) groups is 2. The topological polar surface area (TPSA) is 107 Å².